The third kappa shape index (κ3) is 1.50. The van der Waals surface area contributed by atoms with Crippen molar-refractivity contribution in [1.82, 2.24) is 19.6 Å². The number of anilines is 1. The van der Waals surface area contributed by atoms with Crippen LogP contribution in [0.15, 0.2) is 18.7 Å². The van der Waals surface area contributed by atoms with Gasteiger partial charge < -0.3 is 4.90 Å². The molecule has 0 aromatic carbocycles. The molecule has 0 radical (unpaired) electrons. The molecule has 0 amide bonds. The molecule has 94 valence electrons. The number of hydrogen-bond donors (Lipinski definition) is 0. The van der Waals surface area contributed by atoms with E-state index in [1.165, 1.54) is 25.7 Å². The quantitative estimate of drug-likeness (QED) is 0.765. The number of aromatic nitrogens is 4. The molecule has 1 saturated heterocycles. The highest BCUT2D eigenvalue weighted by atomic mass is 15.3. The third-order valence-electron chi connectivity index (χ3n) is 4.47. The van der Waals surface area contributed by atoms with Crippen molar-refractivity contribution in [3.63, 3.8) is 0 Å². The smallest absolute Gasteiger partial charge is 0.203 e. The second kappa shape index (κ2) is 3.93. The number of hydrogen-bond acceptors (Lipinski definition) is 4. The van der Waals surface area contributed by atoms with Gasteiger partial charge in [-0.3, -0.25) is 4.40 Å². The van der Waals surface area contributed by atoms with Crippen molar-refractivity contribution >= 4 is 11.5 Å². The fourth-order valence-electron chi connectivity index (χ4n) is 3.55. The number of fused-ring (bicyclic) bond motifs is 2. The van der Waals surface area contributed by atoms with Crippen LogP contribution in [0, 0.1) is 11.8 Å². The molecule has 2 aliphatic rings. The average molecular weight is 243 g/mol. The number of nitrogens with zero attached hydrogens (tertiary/aromatic N) is 5. The van der Waals surface area contributed by atoms with Crippen molar-refractivity contribution in [3.05, 3.63) is 18.7 Å². The minimum Gasteiger partial charge on any atom is -0.353 e. The standard InChI is InChI=1S/C13H17N5/c1-2-4-11-8-18(7-10(11)3-1)12-13-16-15-9-17(13)6-5-14-12/h5-6,9-11H,1-4,7-8H2/t10-,11-/m1/s1. The van der Waals surface area contributed by atoms with Crippen LogP contribution in [0.2, 0.25) is 0 Å². The van der Waals surface area contributed by atoms with Crippen LogP contribution >= 0.6 is 0 Å². The minimum atomic E-state index is 0.865. The van der Waals surface area contributed by atoms with E-state index in [1.807, 2.05) is 16.8 Å². The third-order valence-corrected chi connectivity index (χ3v) is 4.47. The largest absolute Gasteiger partial charge is 0.353 e. The second-order valence-electron chi connectivity index (χ2n) is 5.52. The molecule has 0 unspecified atom stereocenters. The van der Waals surface area contributed by atoms with Gasteiger partial charge in [0.25, 0.3) is 0 Å². The van der Waals surface area contributed by atoms with Crippen molar-refractivity contribution in [2.24, 2.45) is 11.8 Å². The highest BCUT2D eigenvalue weighted by Gasteiger charge is 2.35. The molecule has 3 heterocycles. The zero-order valence-corrected chi connectivity index (χ0v) is 10.4. The summed E-state index contributed by atoms with van der Waals surface area (Å²) in [6, 6.07) is 0. The molecule has 2 aromatic rings. The topological polar surface area (TPSA) is 46.3 Å². The van der Waals surface area contributed by atoms with Crippen LogP contribution in [0.5, 0.6) is 0 Å². The lowest BCUT2D eigenvalue weighted by molar-refractivity contribution is 0.299. The summed E-state index contributed by atoms with van der Waals surface area (Å²) in [5.74, 6) is 2.73. The first-order chi connectivity index (χ1) is 8.92. The molecule has 2 fully saturated rings. The lowest BCUT2D eigenvalue weighted by Crippen LogP contribution is -2.21. The first-order valence-electron chi connectivity index (χ1n) is 6.81. The van der Waals surface area contributed by atoms with Gasteiger partial charge in [0, 0.05) is 25.5 Å². The summed E-state index contributed by atoms with van der Waals surface area (Å²) >= 11 is 0. The molecular weight excluding hydrogens is 226 g/mol. The Balaban J connectivity index is 1.69. The van der Waals surface area contributed by atoms with Crippen molar-refractivity contribution in [2.45, 2.75) is 25.7 Å². The van der Waals surface area contributed by atoms with Gasteiger partial charge in [0.15, 0.2) is 5.82 Å². The van der Waals surface area contributed by atoms with Gasteiger partial charge >= 0.3 is 0 Å². The minimum absolute atomic E-state index is 0.865. The van der Waals surface area contributed by atoms with E-state index >= 15 is 0 Å². The maximum atomic E-state index is 4.52. The maximum Gasteiger partial charge on any atom is 0.203 e. The predicted octanol–water partition coefficient (Wildman–Crippen LogP) is 1.75. The molecule has 2 aromatic heterocycles. The van der Waals surface area contributed by atoms with Crippen LogP contribution in [-0.4, -0.2) is 32.7 Å². The molecule has 1 saturated carbocycles. The zero-order chi connectivity index (χ0) is 11.9. The Hall–Kier alpha value is -1.65. The highest BCUT2D eigenvalue weighted by molar-refractivity contribution is 5.63. The van der Waals surface area contributed by atoms with Crippen LogP contribution in [0.1, 0.15) is 25.7 Å². The first kappa shape index (κ1) is 10.3. The van der Waals surface area contributed by atoms with Crippen molar-refractivity contribution in [2.75, 3.05) is 18.0 Å². The molecule has 1 aliphatic heterocycles. The van der Waals surface area contributed by atoms with Gasteiger partial charge in [-0.05, 0) is 24.7 Å². The number of rotatable bonds is 1. The second-order valence-corrected chi connectivity index (χ2v) is 5.52. The average Bonchev–Trinajstić information content (AvgIpc) is 3.04. The SMILES string of the molecule is c1cn2cnnc2c(N2C[C@H]3CCCC[C@@H]3C2)n1. The summed E-state index contributed by atoms with van der Waals surface area (Å²) in [5.41, 5.74) is 0.885. The molecule has 5 heteroatoms. The van der Waals surface area contributed by atoms with Crippen LogP contribution in [0.25, 0.3) is 5.65 Å². The Morgan fingerprint density at radius 3 is 2.67 bits per heavy atom. The maximum absolute atomic E-state index is 4.52. The van der Waals surface area contributed by atoms with E-state index in [-0.39, 0.29) is 0 Å². The molecule has 0 N–H and O–H groups in total. The Morgan fingerprint density at radius 1 is 1.11 bits per heavy atom. The summed E-state index contributed by atoms with van der Waals surface area (Å²) < 4.78 is 1.95. The van der Waals surface area contributed by atoms with E-state index in [4.69, 9.17) is 0 Å². The monoisotopic (exact) mass is 243 g/mol. The van der Waals surface area contributed by atoms with E-state index in [0.29, 0.717) is 0 Å². The summed E-state index contributed by atoms with van der Waals surface area (Å²) in [7, 11) is 0. The zero-order valence-electron chi connectivity index (χ0n) is 10.4. The molecule has 0 spiro atoms. The summed E-state index contributed by atoms with van der Waals surface area (Å²) in [4.78, 5) is 6.93. The van der Waals surface area contributed by atoms with Crippen LogP contribution in [0.4, 0.5) is 5.82 Å². The van der Waals surface area contributed by atoms with Crippen LogP contribution in [0.3, 0.4) is 0 Å². The van der Waals surface area contributed by atoms with E-state index in [2.05, 4.69) is 20.1 Å². The summed E-state index contributed by atoms with van der Waals surface area (Å²) in [6.07, 6.45) is 11.1. The molecule has 4 rings (SSSR count). The molecule has 2 atom stereocenters. The normalized spacial score (nSPS) is 27.7. The van der Waals surface area contributed by atoms with Gasteiger partial charge in [-0.15, -0.1) is 10.2 Å². The molecule has 18 heavy (non-hydrogen) atoms. The van der Waals surface area contributed by atoms with Gasteiger partial charge in [0.2, 0.25) is 5.65 Å². The summed E-state index contributed by atoms with van der Waals surface area (Å²) in [5, 5.41) is 8.16. The van der Waals surface area contributed by atoms with Crippen molar-refractivity contribution < 1.29 is 0 Å². The van der Waals surface area contributed by atoms with E-state index in [9.17, 15) is 0 Å². The van der Waals surface area contributed by atoms with Gasteiger partial charge in [-0.25, -0.2) is 4.98 Å². The van der Waals surface area contributed by atoms with Crippen molar-refractivity contribution in [3.8, 4) is 0 Å². The van der Waals surface area contributed by atoms with E-state index in [1.54, 1.807) is 6.33 Å². The predicted molar refractivity (Wildman–Crippen MR) is 68.4 cm³/mol. The van der Waals surface area contributed by atoms with Crippen LogP contribution < -0.4 is 4.90 Å². The lowest BCUT2D eigenvalue weighted by atomic mass is 9.82. The molecule has 0 bridgehead atoms. The van der Waals surface area contributed by atoms with Gasteiger partial charge in [-0.2, -0.15) is 0 Å². The molecule has 1 aliphatic carbocycles. The Morgan fingerprint density at radius 2 is 1.89 bits per heavy atom. The Kier molecular flexibility index (Phi) is 2.25. The Bertz CT molecular complexity index is 549. The van der Waals surface area contributed by atoms with Crippen molar-refractivity contribution in [1.29, 1.82) is 0 Å². The fourth-order valence-corrected chi connectivity index (χ4v) is 3.55. The highest BCUT2D eigenvalue weighted by Crippen LogP contribution is 2.38. The fraction of sp³-hybridized carbons (Fsp3) is 0.615. The summed E-state index contributed by atoms with van der Waals surface area (Å²) in [6.45, 7) is 2.29. The van der Waals surface area contributed by atoms with E-state index in [0.717, 1.165) is 36.4 Å². The lowest BCUT2D eigenvalue weighted by Gasteiger charge is -2.22. The van der Waals surface area contributed by atoms with Crippen LogP contribution in [-0.2, 0) is 0 Å². The van der Waals surface area contributed by atoms with Gasteiger partial charge in [-0.1, -0.05) is 12.8 Å². The van der Waals surface area contributed by atoms with Gasteiger partial charge in [0.1, 0.15) is 6.33 Å². The van der Waals surface area contributed by atoms with E-state index < -0.39 is 0 Å². The Labute approximate surface area is 106 Å². The molecular formula is C13H17N5. The molecule has 5 nitrogen and oxygen atoms in total. The van der Waals surface area contributed by atoms with Gasteiger partial charge in [0.05, 0.1) is 0 Å². The first-order valence-corrected chi connectivity index (χ1v) is 6.81.